The van der Waals surface area contributed by atoms with Gasteiger partial charge in [0.1, 0.15) is 17.1 Å². The third-order valence-corrected chi connectivity index (χ3v) is 3.77. The van der Waals surface area contributed by atoms with Gasteiger partial charge < -0.3 is 15.2 Å². The summed E-state index contributed by atoms with van der Waals surface area (Å²) in [6.45, 7) is 2.86. The number of amides is 1. The number of carbonyl (C=O) groups excluding carboxylic acids is 1. The highest BCUT2D eigenvalue weighted by Gasteiger charge is 2.23. The first-order valence-corrected chi connectivity index (χ1v) is 7.68. The van der Waals surface area contributed by atoms with Crippen molar-refractivity contribution in [2.75, 3.05) is 6.54 Å². The summed E-state index contributed by atoms with van der Waals surface area (Å²) in [4.78, 5) is 35.8. The van der Waals surface area contributed by atoms with Gasteiger partial charge in [-0.05, 0) is 43.7 Å². The van der Waals surface area contributed by atoms with Gasteiger partial charge in [-0.25, -0.2) is 13.9 Å². The summed E-state index contributed by atoms with van der Waals surface area (Å²) in [5.41, 5.74) is 0.231. The van der Waals surface area contributed by atoms with Crippen molar-refractivity contribution in [1.29, 1.82) is 0 Å². The lowest BCUT2D eigenvalue weighted by Gasteiger charge is -2.16. The second-order valence-electron chi connectivity index (χ2n) is 5.62. The Bertz CT molecular complexity index is 893. The number of rotatable bonds is 6. The van der Waals surface area contributed by atoms with E-state index in [4.69, 9.17) is 4.74 Å². The number of aromatic nitrogens is 2. The third kappa shape index (κ3) is 4.24. The maximum atomic E-state index is 12.9. The van der Waals surface area contributed by atoms with Gasteiger partial charge in [-0.1, -0.05) is 0 Å². The van der Waals surface area contributed by atoms with Crippen LogP contribution in [0, 0.1) is 19.7 Å². The summed E-state index contributed by atoms with van der Waals surface area (Å²) in [5, 5.41) is 15.6. The van der Waals surface area contributed by atoms with Crippen LogP contribution in [-0.2, 0) is 11.8 Å². The highest BCUT2D eigenvalue weighted by molar-refractivity contribution is 5.95. The van der Waals surface area contributed by atoms with E-state index in [1.165, 1.54) is 19.2 Å². The highest BCUT2D eigenvalue weighted by atomic mass is 19.1. The zero-order valence-corrected chi connectivity index (χ0v) is 14.4. The Morgan fingerprint density at radius 1 is 1.31 bits per heavy atom. The van der Waals surface area contributed by atoms with E-state index in [0.717, 1.165) is 16.8 Å². The quantitative estimate of drug-likeness (QED) is 0.785. The van der Waals surface area contributed by atoms with Crippen LogP contribution in [0.3, 0.4) is 0 Å². The largest absolute Gasteiger partial charge is 0.478 e. The maximum Gasteiger partial charge on any atom is 0.346 e. The van der Waals surface area contributed by atoms with Crippen LogP contribution < -0.4 is 15.6 Å². The van der Waals surface area contributed by atoms with Crippen molar-refractivity contribution in [3.8, 4) is 5.75 Å². The summed E-state index contributed by atoms with van der Waals surface area (Å²) < 4.78 is 19.2. The molecule has 0 aliphatic carbocycles. The molecule has 9 heteroatoms. The number of aliphatic carboxylic acids is 1. The minimum absolute atomic E-state index is 0.106. The van der Waals surface area contributed by atoms with Crippen LogP contribution in [0.5, 0.6) is 5.75 Å². The van der Waals surface area contributed by atoms with E-state index in [2.05, 4.69) is 10.4 Å². The highest BCUT2D eigenvalue weighted by Crippen LogP contribution is 2.13. The molecular formula is C17H18FN3O5. The van der Waals surface area contributed by atoms with Crippen LogP contribution >= 0.6 is 0 Å². The van der Waals surface area contributed by atoms with Crippen molar-refractivity contribution in [2.45, 2.75) is 20.0 Å². The lowest BCUT2D eigenvalue weighted by Crippen LogP contribution is -2.42. The van der Waals surface area contributed by atoms with Gasteiger partial charge in [-0.2, -0.15) is 5.10 Å². The normalized spacial score (nSPS) is 11.7. The number of carboxylic acid groups (broad SMARTS) is 1. The second kappa shape index (κ2) is 7.77. The van der Waals surface area contributed by atoms with E-state index in [-0.39, 0.29) is 17.9 Å². The standard InChI is InChI=1S/C17H18FN3O5/c1-9-10(2)20-21(3)16(23)14(9)15(22)19-8-13(17(24)25)26-12-6-4-11(18)5-7-12/h4-7,13H,8H2,1-3H3,(H,19,22)(H,24,25). The van der Waals surface area contributed by atoms with E-state index >= 15 is 0 Å². The van der Waals surface area contributed by atoms with Gasteiger partial charge in [0.05, 0.1) is 12.2 Å². The third-order valence-electron chi connectivity index (χ3n) is 3.77. The van der Waals surface area contributed by atoms with Gasteiger partial charge in [-0.3, -0.25) is 9.59 Å². The first-order chi connectivity index (χ1) is 12.2. The lowest BCUT2D eigenvalue weighted by atomic mass is 10.1. The van der Waals surface area contributed by atoms with E-state index < -0.39 is 29.4 Å². The Balaban J connectivity index is 2.14. The van der Waals surface area contributed by atoms with Crippen molar-refractivity contribution < 1.29 is 23.8 Å². The zero-order valence-electron chi connectivity index (χ0n) is 14.4. The van der Waals surface area contributed by atoms with Crippen LogP contribution in [0.2, 0.25) is 0 Å². The summed E-state index contributed by atoms with van der Waals surface area (Å²) in [6.07, 6.45) is -1.41. The number of nitrogens with one attached hydrogen (secondary N) is 1. The molecule has 1 aromatic carbocycles. The van der Waals surface area contributed by atoms with Crippen molar-refractivity contribution in [2.24, 2.45) is 7.05 Å². The average molecular weight is 363 g/mol. The lowest BCUT2D eigenvalue weighted by molar-refractivity contribution is -0.144. The molecule has 138 valence electrons. The molecule has 2 aromatic rings. The Morgan fingerprint density at radius 3 is 2.50 bits per heavy atom. The molecule has 1 atom stereocenters. The molecule has 2 N–H and O–H groups in total. The van der Waals surface area contributed by atoms with Gasteiger partial charge in [0.25, 0.3) is 11.5 Å². The molecule has 26 heavy (non-hydrogen) atoms. The van der Waals surface area contributed by atoms with Crippen molar-refractivity contribution >= 4 is 11.9 Å². The Kier molecular flexibility index (Phi) is 5.71. The molecule has 2 rings (SSSR count). The van der Waals surface area contributed by atoms with E-state index in [1.54, 1.807) is 13.8 Å². The summed E-state index contributed by atoms with van der Waals surface area (Å²) in [7, 11) is 1.42. The molecule has 0 fully saturated rings. The van der Waals surface area contributed by atoms with Crippen LogP contribution in [0.4, 0.5) is 4.39 Å². The molecule has 0 saturated carbocycles. The number of carbonyl (C=O) groups is 2. The molecule has 1 aromatic heterocycles. The van der Waals surface area contributed by atoms with Crippen molar-refractivity contribution in [3.63, 3.8) is 0 Å². The van der Waals surface area contributed by atoms with Crippen molar-refractivity contribution in [3.05, 3.63) is 57.3 Å². The molecular weight excluding hydrogens is 345 g/mol. The minimum atomic E-state index is -1.41. The molecule has 0 aliphatic heterocycles. The fourth-order valence-corrected chi connectivity index (χ4v) is 2.25. The van der Waals surface area contributed by atoms with Gasteiger partial charge in [-0.15, -0.1) is 0 Å². The van der Waals surface area contributed by atoms with Crippen LogP contribution in [0.25, 0.3) is 0 Å². The number of carboxylic acids is 1. The van der Waals surface area contributed by atoms with E-state index in [0.29, 0.717) is 11.3 Å². The van der Waals surface area contributed by atoms with E-state index in [1.807, 2.05) is 0 Å². The van der Waals surface area contributed by atoms with Gasteiger partial charge >= 0.3 is 5.97 Å². The number of benzene rings is 1. The van der Waals surface area contributed by atoms with Crippen LogP contribution in [0.15, 0.2) is 29.1 Å². The fourth-order valence-electron chi connectivity index (χ4n) is 2.25. The number of hydrogen-bond donors (Lipinski definition) is 2. The number of ether oxygens (including phenoxy) is 1. The van der Waals surface area contributed by atoms with Crippen molar-refractivity contribution in [1.82, 2.24) is 15.1 Å². The summed E-state index contributed by atoms with van der Waals surface area (Å²) >= 11 is 0. The summed E-state index contributed by atoms with van der Waals surface area (Å²) in [6, 6.07) is 4.80. The SMILES string of the molecule is Cc1nn(C)c(=O)c(C(=O)NCC(Oc2ccc(F)cc2)C(=O)O)c1C. The molecule has 0 spiro atoms. The first-order valence-electron chi connectivity index (χ1n) is 7.68. The molecule has 1 unspecified atom stereocenters. The Labute approximate surface area is 148 Å². The zero-order chi connectivity index (χ0) is 19.4. The Hall–Kier alpha value is -3.23. The number of halogens is 1. The second-order valence-corrected chi connectivity index (χ2v) is 5.62. The van der Waals surface area contributed by atoms with E-state index in [9.17, 15) is 23.9 Å². The topological polar surface area (TPSA) is 111 Å². The summed E-state index contributed by atoms with van der Waals surface area (Å²) in [5.74, 6) is -2.38. The Morgan fingerprint density at radius 2 is 1.92 bits per heavy atom. The molecule has 0 aliphatic rings. The fraction of sp³-hybridized carbons (Fsp3) is 0.294. The maximum absolute atomic E-state index is 12.9. The predicted octanol–water partition coefficient (Wildman–Crippen LogP) is 0.798. The molecule has 8 nitrogen and oxygen atoms in total. The van der Waals surface area contributed by atoms with Gasteiger partial charge in [0.2, 0.25) is 6.10 Å². The molecule has 0 radical (unpaired) electrons. The smallest absolute Gasteiger partial charge is 0.346 e. The minimum Gasteiger partial charge on any atom is -0.478 e. The molecule has 1 amide bonds. The number of nitrogens with zero attached hydrogens (tertiary/aromatic N) is 2. The number of hydrogen-bond acceptors (Lipinski definition) is 5. The van der Waals surface area contributed by atoms with Gasteiger partial charge in [0.15, 0.2) is 0 Å². The molecule has 0 saturated heterocycles. The molecule has 0 bridgehead atoms. The van der Waals surface area contributed by atoms with Gasteiger partial charge in [0, 0.05) is 7.05 Å². The van der Waals surface area contributed by atoms with Crippen LogP contribution in [-0.4, -0.2) is 39.4 Å². The van der Waals surface area contributed by atoms with Crippen LogP contribution in [0.1, 0.15) is 21.6 Å². The predicted molar refractivity (Wildman–Crippen MR) is 89.7 cm³/mol. The molecule has 1 heterocycles. The monoisotopic (exact) mass is 363 g/mol. The number of aryl methyl sites for hydroxylation is 2. The average Bonchev–Trinajstić information content (AvgIpc) is 2.58. The first kappa shape index (κ1) is 19.1.